The maximum absolute atomic E-state index is 13.7. The summed E-state index contributed by atoms with van der Waals surface area (Å²) in [6.07, 6.45) is -0.546. The normalized spacial score (nSPS) is 12.2. The quantitative estimate of drug-likeness (QED) is 0.869. The number of rotatable bonds is 5. The second kappa shape index (κ2) is 6.31. The molecule has 19 heavy (non-hydrogen) atoms. The molecule has 4 heteroatoms. The minimum atomic E-state index is -0.546. The van der Waals surface area contributed by atoms with E-state index in [1.54, 1.807) is 42.5 Å². The minimum Gasteiger partial charge on any atom is -0.484 e. The molecule has 0 fully saturated rings. The van der Waals surface area contributed by atoms with Gasteiger partial charge in [-0.05, 0) is 23.8 Å². The van der Waals surface area contributed by atoms with Gasteiger partial charge in [-0.2, -0.15) is 0 Å². The summed E-state index contributed by atoms with van der Waals surface area (Å²) in [4.78, 5) is 0. The predicted octanol–water partition coefficient (Wildman–Crippen LogP) is 2.40. The van der Waals surface area contributed by atoms with E-state index in [1.807, 2.05) is 0 Å². The number of nitrogens with two attached hydrogens (primary N) is 1. The molecule has 0 aliphatic heterocycles. The van der Waals surface area contributed by atoms with Gasteiger partial charge in [-0.25, -0.2) is 4.39 Å². The van der Waals surface area contributed by atoms with Crippen molar-refractivity contribution < 1.29 is 14.2 Å². The van der Waals surface area contributed by atoms with Crippen LogP contribution in [0.25, 0.3) is 0 Å². The maximum atomic E-state index is 13.7. The summed E-state index contributed by atoms with van der Waals surface area (Å²) in [5.74, 6) is 0.224. The summed E-state index contributed by atoms with van der Waals surface area (Å²) in [7, 11) is 0. The molecule has 0 aliphatic rings. The Hall–Kier alpha value is -1.91. The molecule has 0 saturated carbocycles. The summed E-state index contributed by atoms with van der Waals surface area (Å²) in [6.45, 7) is 0.106. The molecular formula is C15H16FNO2. The maximum Gasteiger partial charge on any atom is 0.139 e. The Bertz CT molecular complexity index is 545. The van der Waals surface area contributed by atoms with Crippen LogP contribution >= 0.6 is 0 Å². The van der Waals surface area contributed by atoms with E-state index in [9.17, 15) is 4.39 Å². The molecule has 1 unspecified atom stereocenters. The van der Waals surface area contributed by atoms with Gasteiger partial charge in [0.2, 0.25) is 0 Å². The second-order valence-electron chi connectivity index (χ2n) is 4.17. The van der Waals surface area contributed by atoms with Crippen molar-refractivity contribution in [2.75, 3.05) is 6.54 Å². The fourth-order valence-electron chi connectivity index (χ4n) is 1.86. The number of hydrogen-bond donors (Lipinski definition) is 2. The van der Waals surface area contributed by atoms with Gasteiger partial charge < -0.3 is 15.6 Å². The lowest BCUT2D eigenvalue weighted by Crippen LogP contribution is -2.19. The summed E-state index contributed by atoms with van der Waals surface area (Å²) in [6, 6.07) is 13.4. The van der Waals surface area contributed by atoms with Crippen LogP contribution in [-0.2, 0) is 6.61 Å². The highest BCUT2D eigenvalue weighted by Gasteiger charge is 2.15. The average molecular weight is 261 g/mol. The minimum absolute atomic E-state index is 0.0653. The van der Waals surface area contributed by atoms with Crippen LogP contribution in [0, 0.1) is 5.82 Å². The lowest BCUT2D eigenvalue weighted by Gasteiger charge is -2.18. The van der Waals surface area contributed by atoms with E-state index in [0.717, 1.165) is 5.56 Å². The predicted molar refractivity (Wildman–Crippen MR) is 71.2 cm³/mol. The van der Waals surface area contributed by atoms with E-state index >= 15 is 0 Å². The molecule has 0 bridgehead atoms. The van der Waals surface area contributed by atoms with Gasteiger partial charge in [0, 0.05) is 12.1 Å². The molecule has 0 spiro atoms. The van der Waals surface area contributed by atoms with Gasteiger partial charge in [0.05, 0.1) is 6.61 Å². The fraction of sp³-hybridized carbons (Fsp3) is 0.200. The van der Waals surface area contributed by atoms with Crippen LogP contribution in [0.2, 0.25) is 0 Å². The first-order valence-corrected chi connectivity index (χ1v) is 6.05. The Kier molecular flexibility index (Phi) is 4.49. The average Bonchev–Trinajstić information content (AvgIpc) is 2.46. The van der Waals surface area contributed by atoms with Crippen LogP contribution in [-0.4, -0.2) is 11.7 Å². The van der Waals surface area contributed by atoms with Crippen LogP contribution in [0.5, 0.6) is 5.75 Å². The molecular weight excluding hydrogens is 245 g/mol. The highest BCUT2D eigenvalue weighted by Crippen LogP contribution is 2.24. The summed E-state index contributed by atoms with van der Waals surface area (Å²) in [5.41, 5.74) is 6.82. The SMILES string of the molecule is NCC(Oc1cccc(CO)c1)c1ccccc1F. The number of aliphatic hydroxyl groups is 1. The zero-order valence-corrected chi connectivity index (χ0v) is 10.4. The van der Waals surface area contributed by atoms with E-state index in [0.29, 0.717) is 11.3 Å². The number of benzene rings is 2. The van der Waals surface area contributed by atoms with Gasteiger partial charge in [0.15, 0.2) is 0 Å². The van der Waals surface area contributed by atoms with Crippen LogP contribution in [0.15, 0.2) is 48.5 Å². The fourth-order valence-corrected chi connectivity index (χ4v) is 1.86. The van der Waals surface area contributed by atoms with Gasteiger partial charge in [0.1, 0.15) is 17.7 Å². The molecule has 0 saturated heterocycles. The molecule has 0 amide bonds. The third-order valence-corrected chi connectivity index (χ3v) is 2.83. The van der Waals surface area contributed by atoms with Crippen molar-refractivity contribution in [1.82, 2.24) is 0 Å². The lowest BCUT2D eigenvalue weighted by molar-refractivity contribution is 0.208. The van der Waals surface area contributed by atoms with Crippen molar-refractivity contribution in [3.63, 3.8) is 0 Å². The zero-order valence-electron chi connectivity index (χ0n) is 10.4. The number of hydrogen-bond acceptors (Lipinski definition) is 3. The van der Waals surface area contributed by atoms with E-state index in [-0.39, 0.29) is 19.0 Å². The van der Waals surface area contributed by atoms with Crippen molar-refractivity contribution in [3.8, 4) is 5.75 Å². The third-order valence-electron chi connectivity index (χ3n) is 2.83. The number of halogens is 1. The molecule has 0 aliphatic carbocycles. The van der Waals surface area contributed by atoms with Crippen LogP contribution < -0.4 is 10.5 Å². The Morgan fingerprint density at radius 1 is 1.16 bits per heavy atom. The van der Waals surface area contributed by atoms with Crippen molar-refractivity contribution in [3.05, 3.63) is 65.5 Å². The standard InChI is InChI=1S/C15H16FNO2/c16-14-7-2-1-6-13(14)15(9-17)19-12-5-3-4-11(8-12)10-18/h1-8,15,18H,9-10,17H2. The molecule has 2 aromatic carbocycles. The van der Waals surface area contributed by atoms with Crippen molar-refractivity contribution in [1.29, 1.82) is 0 Å². The monoisotopic (exact) mass is 261 g/mol. The third kappa shape index (κ3) is 3.30. The first kappa shape index (κ1) is 13.5. The molecule has 3 N–H and O–H groups in total. The first-order valence-electron chi connectivity index (χ1n) is 6.05. The Morgan fingerprint density at radius 3 is 2.63 bits per heavy atom. The molecule has 2 aromatic rings. The van der Waals surface area contributed by atoms with Gasteiger partial charge in [-0.1, -0.05) is 30.3 Å². The molecule has 1 atom stereocenters. The van der Waals surface area contributed by atoms with Gasteiger partial charge in [-0.15, -0.1) is 0 Å². The second-order valence-corrected chi connectivity index (χ2v) is 4.17. The van der Waals surface area contributed by atoms with Crippen molar-refractivity contribution in [2.45, 2.75) is 12.7 Å². The lowest BCUT2D eigenvalue weighted by atomic mass is 10.1. The summed E-state index contributed by atoms with van der Waals surface area (Å²) in [5, 5.41) is 9.07. The molecule has 100 valence electrons. The molecule has 0 aromatic heterocycles. The van der Waals surface area contributed by atoms with Crippen LogP contribution in [0.4, 0.5) is 4.39 Å². The Balaban J connectivity index is 2.21. The van der Waals surface area contributed by atoms with Crippen LogP contribution in [0.1, 0.15) is 17.2 Å². The summed E-state index contributed by atoms with van der Waals surface area (Å²) < 4.78 is 19.4. The van der Waals surface area contributed by atoms with Gasteiger partial charge >= 0.3 is 0 Å². The highest BCUT2D eigenvalue weighted by atomic mass is 19.1. The first-order chi connectivity index (χ1) is 9.24. The zero-order chi connectivity index (χ0) is 13.7. The molecule has 0 radical (unpaired) electrons. The topological polar surface area (TPSA) is 55.5 Å². The smallest absolute Gasteiger partial charge is 0.139 e. The Morgan fingerprint density at radius 2 is 1.95 bits per heavy atom. The molecule has 0 heterocycles. The Labute approximate surface area is 111 Å². The highest BCUT2D eigenvalue weighted by molar-refractivity contribution is 5.30. The van der Waals surface area contributed by atoms with Crippen molar-refractivity contribution >= 4 is 0 Å². The number of ether oxygens (including phenoxy) is 1. The largest absolute Gasteiger partial charge is 0.484 e. The van der Waals surface area contributed by atoms with Crippen LogP contribution in [0.3, 0.4) is 0 Å². The van der Waals surface area contributed by atoms with E-state index in [4.69, 9.17) is 15.6 Å². The van der Waals surface area contributed by atoms with Crippen molar-refractivity contribution in [2.24, 2.45) is 5.73 Å². The summed E-state index contributed by atoms with van der Waals surface area (Å²) >= 11 is 0. The van der Waals surface area contributed by atoms with Gasteiger partial charge in [0.25, 0.3) is 0 Å². The van der Waals surface area contributed by atoms with E-state index < -0.39 is 6.10 Å². The van der Waals surface area contributed by atoms with E-state index in [2.05, 4.69) is 0 Å². The number of aliphatic hydroxyl groups excluding tert-OH is 1. The van der Waals surface area contributed by atoms with E-state index in [1.165, 1.54) is 6.07 Å². The molecule has 2 rings (SSSR count). The molecule has 3 nitrogen and oxygen atoms in total. The van der Waals surface area contributed by atoms with Gasteiger partial charge in [-0.3, -0.25) is 0 Å².